The van der Waals surface area contributed by atoms with Gasteiger partial charge in [-0.05, 0) is 111 Å². The van der Waals surface area contributed by atoms with E-state index in [0.717, 1.165) is 39.0 Å². The molecule has 0 bridgehead atoms. The first-order valence-corrected chi connectivity index (χ1v) is 20.3. The highest BCUT2D eigenvalue weighted by atomic mass is 32.2. The van der Waals surface area contributed by atoms with E-state index in [1.807, 2.05) is 11.8 Å². The SMILES string of the molecule is Cc1cccc(N(c2ccc3c(c2)C(C)(C)c2ccccc2-3)c2cc3c(c4oc5ccccc5c24)-c2ccccc2C32c3ccccc3Sc3ccccc32)c1. The lowest BCUT2D eigenvalue weighted by molar-refractivity contribution is 0.660. The lowest BCUT2D eigenvalue weighted by atomic mass is 9.67. The Morgan fingerprint density at radius 3 is 1.89 bits per heavy atom. The van der Waals surface area contributed by atoms with Crippen LogP contribution < -0.4 is 4.90 Å². The van der Waals surface area contributed by atoms with Crippen LogP contribution in [-0.4, -0.2) is 0 Å². The van der Waals surface area contributed by atoms with Crippen molar-refractivity contribution in [2.45, 2.75) is 41.4 Å². The molecule has 1 aliphatic heterocycles. The van der Waals surface area contributed by atoms with Crippen molar-refractivity contribution in [2.24, 2.45) is 0 Å². The maximum absolute atomic E-state index is 7.17. The second-order valence-corrected chi connectivity index (χ2v) is 17.2. The third-order valence-electron chi connectivity index (χ3n) is 12.8. The third-order valence-corrected chi connectivity index (χ3v) is 13.9. The largest absolute Gasteiger partial charge is 0.455 e. The maximum atomic E-state index is 7.17. The molecule has 9 aromatic rings. The summed E-state index contributed by atoms with van der Waals surface area (Å²) < 4.78 is 7.17. The van der Waals surface area contributed by atoms with Crippen LogP contribution in [0.1, 0.15) is 52.8 Å². The van der Waals surface area contributed by atoms with Gasteiger partial charge >= 0.3 is 0 Å². The van der Waals surface area contributed by atoms with Gasteiger partial charge in [-0.2, -0.15) is 0 Å². The number of para-hydroxylation sites is 1. The van der Waals surface area contributed by atoms with Gasteiger partial charge in [-0.1, -0.05) is 147 Å². The van der Waals surface area contributed by atoms with Crippen LogP contribution in [0.25, 0.3) is 44.2 Å². The molecular formula is C53H37NOS. The zero-order chi connectivity index (χ0) is 37.3. The summed E-state index contributed by atoms with van der Waals surface area (Å²) in [6, 6.07) is 63.2. The van der Waals surface area contributed by atoms with Gasteiger partial charge in [-0.25, -0.2) is 0 Å². The van der Waals surface area contributed by atoms with Crippen LogP contribution in [0.4, 0.5) is 17.1 Å². The highest BCUT2D eigenvalue weighted by Crippen LogP contribution is 2.65. The van der Waals surface area contributed by atoms with Gasteiger partial charge in [-0.3, -0.25) is 0 Å². The zero-order valence-electron chi connectivity index (χ0n) is 31.4. The molecule has 0 radical (unpaired) electrons. The Balaban J connectivity index is 1.24. The average molecular weight is 736 g/mol. The molecule has 2 heterocycles. The Morgan fingerprint density at radius 2 is 1.12 bits per heavy atom. The van der Waals surface area contributed by atoms with Crippen molar-refractivity contribution in [3.63, 3.8) is 0 Å². The molecule has 12 rings (SSSR count). The van der Waals surface area contributed by atoms with Crippen molar-refractivity contribution in [2.75, 3.05) is 4.90 Å². The van der Waals surface area contributed by atoms with Crippen LogP contribution in [0, 0.1) is 6.92 Å². The Bertz CT molecular complexity index is 3080. The number of nitrogens with zero attached hydrogens (tertiary/aromatic N) is 1. The fraction of sp³-hybridized carbons (Fsp3) is 0.0943. The first-order valence-electron chi connectivity index (χ1n) is 19.5. The zero-order valence-corrected chi connectivity index (χ0v) is 32.2. The van der Waals surface area contributed by atoms with E-state index in [4.69, 9.17) is 4.42 Å². The molecule has 3 heteroatoms. The van der Waals surface area contributed by atoms with Gasteiger partial charge in [-0.15, -0.1) is 0 Å². The standard InChI is InChI=1S/C53H37NOS/c1-32-15-14-16-33(29-32)54(34-27-28-36-35-17-4-7-20-39(35)52(2,3)43(36)30-34)45-31-44-49(51-50(45)38-19-6-11-24-46(38)55-51)37-18-5-8-21-40(37)53(44)41-22-9-12-25-47(41)56-48-26-13-10-23-42(48)53/h4-31H,1-3H3. The molecule has 0 saturated heterocycles. The third kappa shape index (κ3) is 4.08. The molecule has 8 aromatic carbocycles. The predicted molar refractivity (Wildman–Crippen MR) is 232 cm³/mol. The van der Waals surface area contributed by atoms with Gasteiger partial charge in [0, 0.05) is 37.5 Å². The highest BCUT2D eigenvalue weighted by molar-refractivity contribution is 7.99. The molecule has 0 N–H and O–H groups in total. The summed E-state index contributed by atoms with van der Waals surface area (Å²) >= 11 is 1.88. The number of fused-ring (bicyclic) bond motifs is 16. The summed E-state index contributed by atoms with van der Waals surface area (Å²) in [4.78, 5) is 5.08. The number of hydrogen-bond acceptors (Lipinski definition) is 3. The number of aryl methyl sites for hydroxylation is 1. The molecule has 3 aliphatic rings. The molecule has 56 heavy (non-hydrogen) atoms. The van der Waals surface area contributed by atoms with Crippen molar-refractivity contribution >= 4 is 50.8 Å². The van der Waals surface area contributed by atoms with Crippen LogP contribution in [0.3, 0.4) is 0 Å². The Kier molecular flexibility index (Phi) is 6.50. The van der Waals surface area contributed by atoms with E-state index in [2.05, 4.69) is 196 Å². The van der Waals surface area contributed by atoms with Crippen LogP contribution in [0.2, 0.25) is 0 Å². The first-order chi connectivity index (χ1) is 27.4. The number of furan rings is 1. The van der Waals surface area contributed by atoms with E-state index in [-0.39, 0.29) is 5.41 Å². The smallest absolute Gasteiger partial charge is 0.145 e. The molecule has 266 valence electrons. The van der Waals surface area contributed by atoms with Gasteiger partial charge in [0.15, 0.2) is 0 Å². The summed E-state index contributed by atoms with van der Waals surface area (Å²) in [5.74, 6) is 0. The minimum absolute atomic E-state index is 0.144. The molecular weight excluding hydrogens is 699 g/mol. The molecule has 0 unspecified atom stereocenters. The van der Waals surface area contributed by atoms with Gasteiger partial charge < -0.3 is 9.32 Å². The van der Waals surface area contributed by atoms with E-state index in [1.165, 1.54) is 71.0 Å². The normalized spacial score (nSPS) is 14.9. The Labute approximate surface area is 331 Å². The fourth-order valence-corrected chi connectivity index (χ4v) is 11.6. The minimum Gasteiger partial charge on any atom is -0.455 e. The van der Waals surface area contributed by atoms with Crippen molar-refractivity contribution < 1.29 is 4.42 Å². The van der Waals surface area contributed by atoms with Gasteiger partial charge in [0.1, 0.15) is 11.2 Å². The number of hydrogen-bond donors (Lipinski definition) is 0. The lowest BCUT2D eigenvalue weighted by Gasteiger charge is -2.40. The average Bonchev–Trinajstić information content (AvgIpc) is 3.83. The lowest BCUT2D eigenvalue weighted by Crippen LogP contribution is -2.32. The van der Waals surface area contributed by atoms with Gasteiger partial charge in [0.2, 0.25) is 0 Å². The molecule has 0 atom stereocenters. The van der Waals surface area contributed by atoms with Crippen molar-refractivity contribution in [3.8, 4) is 22.3 Å². The van der Waals surface area contributed by atoms with Crippen molar-refractivity contribution in [1.82, 2.24) is 0 Å². The van der Waals surface area contributed by atoms with Crippen molar-refractivity contribution in [1.29, 1.82) is 0 Å². The maximum Gasteiger partial charge on any atom is 0.145 e. The molecule has 0 amide bonds. The number of benzene rings is 8. The van der Waals surface area contributed by atoms with E-state index >= 15 is 0 Å². The van der Waals surface area contributed by atoms with Crippen LogP contribution in [-0.2, 0) is 10.8 Å². The minimum atomic E-state index is -0.549. The summed E-state index contributed by atoms with van der Waals surface area (Å²) in [7, 11) is 0. The molecule has 0 saturated carbocycles. The predicted octanol–water partition coefficient (Wildman–Crippen LogP) is 14.5. The number of anilines is 3. The molecule has 0 fully saturated rings. The molecule has 2 aliphatic carbocycles. The molecule has 1 spiro atoms. The summed E-state index contributed by atoms with van der Waals surface area (Å²) in [5.41, 5.74) is 18.7. The molecule has 1 aromatic heterocycles. The van der Waals surface area contributed by atoms with E-state index in [0.29, 0.717) is 0 Å². The van der Waals surface area contributed by atoms with Crippen LogP contribution in [0.5, 0.6) is 0 Å². The van der Waals surface area contributed by atoms with E-state index < -0.39 is 5.41 Å². The topological polar surface area (TPSA) is 16.4 Å². The second kappa shape index (κ2) is 11.4. The summed E-state index contributed by atoms with van der Waals surface area (Å²) in [5, 5.41) is 2.24. The van der Waals surface area contributed by atoms with Crippen LogP contribution in [0.15, 0.2) is 184 Å². The van der Waals surface area contributed by atoms with Gasteiger partial charge in [0.05, 0.1) is 16.5 Å². The fourth-order valence-electron chi connectivity index (χ4n) is 10.4. The second-order valence-electron chi connectivity index (χ2n) is 16.1. The monoisotopic (exact) mass is 735 g/mol. The Morgan fingerprint density at radius 1 is 0.500 bits per heavy atom. The highest BCUT2D eigenvalue weighted by Gasteiger charge is 2.52. The Hall–Kier alpha value is -6.29. The quantitative estimate of drug-likeness (QED) is 0.180. The summed E-state index contributed by atoms with van der Waals surface area (Å²) in [6.45, 7) is 6.92. The summed E-state index contributed by atoms with van der Waals surface area (Å²) in [6.07, 6.45) is 0. The van der Waals surface area contributed by atoms with E-state index in [9.17, 15) is 0 Å². The van der Waals surface area contributed by atoms with Crippen LogP contribution >= 0.6 is 11.8 Å². The molecule has 2 nitrogen and oxygen atoms in total. The first kappa shape index (κ1) is 32.0. The van der Waals surface area contributed by atoms with Crippen molar-refractivity contribution in [3.05, 3.63) is 209 Å². The van der Waals surface area contributed by atoms with Gasteiger partial charge in [0.25, 0.3) is 0 Å². The number of rotatable bonds is 3. The van der Waals surface area contributed by atoms with E-state index in [1.54, 1.807) is 0 Å².